The lowest BCUT2D eigenvalue weighted by Crippen LogP contribution is -2.21. The molecule has 3 aromatic heterocycles. The highest BCUT2D eigenvalue weighted by Gasteiger charge is 2.14. The Morgan fingerprint density at radius 2 is 1.92 bits per heavy atom. The monoisotopic (exact) mass is 381 g/mol. The van der Waals surface area contributed by atoms with E-state index < -0.39 is 0 Å². The fourth-order valence-corrected chi connectivity index (χ4v) is 4.96. The van der Waals surface area contributed by atoms with Crippen LogP contribution in [0.3, 0.4) is 0 Å². The molecule has 0 aliphatic carbocycles. The Morgan fingerprint density at radius 3 is 2.65 bits per heavy atom. The molecule has 4 aromatic rings. The minimum atomic E-state index is -0.0552. The Hall–Kier alpha value is -2.28. The smallest absolute Gasteiger partial charge is 0.260 e. The van der Waals surface area contributed by atoms with Crippen LogP contribution in [0.15, 0.2) is 52.6 Å². The summed E-state index contributed by atoms with van der Waals surface area (Å²) in [7, 11) is 2.03. The Kier molecular flexibility index (Phi) is 4.72. The standard InChI is InChI=1S/C20H19N3OS2/c1-13-8-9-16(26-13)15-12-25-20-18(15)19(24)21-17(22-20)11-23(2)10-14-6-4-3-5-7-14/h3-9,12H,10-11H2,1-2H3,(H,21,22,24). The number of benzene rings is 1. The molecule has 26 heavy (non-hydrogen) atoms. The van der Waals surface area contributed by atoms with Crippen LogP contribution in [0.5, 0.6) is 0 Å². The van der Waals surface area contributed by atoms with E-state index in [1.165, 1.54) is 21.8 Å². The summed E-state index contributed by atoms with van der Waals surface area (Å²) in [5.74, 6) is 0.705. The Balaban J connectivity index is 1.61. The predicted molar refractivity (Wildman–Crippen MR) is 110 cm³/mol. The van der Waals surface area contributed by atoms with Gasteiger partial charge in [0.1, 0.15) is 10.7 Å². The first kappa shape index (κ1) is 17.1. The minimum Gasteiger partial charge on any atom is -0.309 e. The van der Waals surface area contributed by atoms with Gasteiger partial charge < -0.3 is 4.98 Å². The van der Waals surface area contributed by atoms with Crippen LogP contribution in [0.1, 0.15) is 16.3 Å². The zero-order valence-corrected chi connectivity index (χ0v) is 16.3. The average Bonchev–Trinajstić information content (AvgIpc) is 3.22. The maximum Gasteiger partial charge on any atom is 0.260 e. The molecule has 0 atom stereocenters. The number of aromatic nitrogens is 2. The van der Waals surface area contributed by atoms with Gasteiger partial charge in [-0.1, -0.05) is 30.3 Å². The zero-order chi connectivity index (χ0) is 18.1. The Labute approximate surface area is 159 Å². The molecule has 0 bridgehead atoms. The van der Waals surface area contributed by atoms with Crippen LogP contribution in [0.4, 0.5) is 0 Å². The molecule has 4 nitrogen and oxygen atoms in total. The number of thiophene rings is 2. The molecule has 0 amide bonds. The number of nitrogens with one attached hydrogen (secondary N) is 1. The molecule has 132 valence electrons. The van der Waals surface area contributed by atoms with Crippen LogP contribution in [-0.2, 0) is 13.1 Å². The van der Waals surface area contributed by atoms with E-state index in [-0.39, 0.29) is 5.56 Å². The largest absolute Gasteiger partial charge is 0.309 e. The lowest BCUT2D eigenvalue weighted by atomic mass is 10.2. The van der Waals surface area contributed by atoms with Crippen molar-refractivity contribution < 1.29 is 0 Å². The van der Waals surface area contributed by atoms with Crippen LogP contribution in [0.25, 0.3) is 20.7 Å². The van der Waals surface area contributed by atoms with Gasteiger partial charge in [0.25, 0.3) is 5.56 Å². The molecule has 1 N–H and O–H groups in total. The van der Waals surface area contributed by atoms with Crippen LogP contribution in [0.2, 0.25) is 0 Å². The van der Waals surface area contributed by atoms with E-state index in [4.69, 9.17) is 4.98 Å². The van der Waals surface area contributed by atoms with E-state index in [0.717, 1.165) is 21.8 Å². The molecule has 0 aliphatic heterocycles. The van der Waals surface area contributed by atoms with Crippen molar-refractivity contribution in [2.75, 3.05) is 7.05 Å². The van der Waals surface area contributed by atoms with Crippen molar-refractivity contribution >= 4 is 32.9 Å². The van der Waals surface area contributed by atoms with Gasteiger partial charge in [0.15, 0.2) is 0 Å². The summed E-state index contributed by atoms with van der Waals surface area (Å²) < 4.78 is 0. The lowest BCUT2D eigenvalue weighted by molar-refractivity contribution is 0.311. The van der Waals surface area contributed by atoms with E-state index in [1.807, 2.05) is 30.6 Å². The van der Waals surface area contributed by atoms with Crippen LogP contribution in [-0.4, -0.2) is 21.9 Å². The van der Waals surface area contributed by atoms with Crippen LogP contribution < -0.4 is 5.56 Å². The van der Waals surface area contributed by atoms with Crippen molar-refractivity contribution in [3.05, 3.63) is 74.5 Å². The maximum atomic E-state index is 12.7. The molecule has 3 heterocycles. The molecule has 0 saturated carbocycles. The third-order valence-corrected chi connectivity index (χ3v) is 6.12. The lowest BCUT2D eigenvalue weighted by Gasteiger charge is -2.15. The van der Waals surface area contributed by atoms with Gasteiger partial charge in [0.05, 0.1) is 11.9 Å². The summed E-state index contributed by atoms with van der Waals surface area (Å²) in [5, 5.41) is 2.74. The highest BCUT2D eigenvalue weighted by Crippen LogP contribution is 2.34. The van der Waals surface area contributed by atoms with Gasteiger partial charge in [-0.15, -0.1) is 22.7 Å². The van der Waals surface area contributed by atoms with E-state index in [9.17, 15) is 4.79 Å². The van der Waals surface area contributed by atoms with Crippen molar-refractivity contribution in [3.63, 3.8) is 0 Å². The van der Waals surface area contributed by atoms with Gasteiger partial charge in [-0.05, 0) is 31.7 Å². The first-order valence-electron chi connectivity index (χ1n) is 8.40. The van der Waals surface area contributed by atoms with E-state index in [2.05, 4.69) is 41.1 Å². The zero-order valence-electron chi connectivity index (χ0n) is 14.7. The number of nitrogens with zero attached hydrogens (tertiary/aromatic N) is 2. The highest BCUT2D eigenvalue weighted by atomic mass is 32.1. The van der Waals surface area contributed by atoms with Crippen LogP contribution >= 0.6 is 22.7 Å². The first-order chi connectivity index (χ1) is 12.6. The molecule has 0 aliphatic rings. The first-order valence-corrected chi connectivity index (χ1v) is 10.1. The maximum absolute atomic E-state index is 12.7. The normalized spacial score (nSPS) is 11.5. The summed E-state index contributed by atoms with van der Waals surface area (Å²) >= 11 is 3.24. The molecular formula is C20H19N3OS2. The van der Waals surface area contributed by atoms with Crippen molar-refractivity contribution in [3.8, 4) is 10.4 Å². The summed E-state index contributed by atoms with van der Waals surface area (Å²) in [6.07, 6.45) is 0. The number of fused-ring (bicyclic) bond motifs is 1. The second kappa shape index (κ2) is 7.15. The van der Waals surface area contributed by atoms with Gasteiger partial charge in [-0.3, -0.25) is 9.69 Å². The Bertz CT molecular complexity index is 1100. The van der Waals surface area contributed by atoms with Gasteiger partial charge in [-0.2, -0.15) is 0 Å². The minimum absolute atomic E-state index is 0.0552. The third-order valence-electron chi connectivity index (χ3n) is 4.21. The molecule has 0 radical (unpaired) electrons. The van der Waals surface area contributed by atoms with Gasteiger partial charge in [0.2, 0.25) is 0 Å². The summed E-state index contributed by atoms with van der Waals surface area (Å²) in [6, 6.07) is 14.4. The summed E-state index contributed by atoms with van der Waals surface area (Å²) in [5.41, 5.74) is 2.17. The van der Waals surface area contributed by atoms with Gasteiger partial charge >= 0.3 is 0 Å². The molecule has 0 spiro atoms. The number of aromatic amines is 1. The molecule has 0 saturated heterocycles. The highest BCUT2D eigenvalue weighted by molar-refractivity contribution is 7.19. The second-order valence-electron chi connectivity index (χ2n) is 6.41. The summed E-state index contributed by atoms with van der Waals surface area (Å²) in [4.78, 5) is 25.7. The van der Waals surface area contributed by atoms with E-state index in [1.54, 1.807) is 11.3 Å². The quantitative estimate of drug-likeness (QED) is 0.547. The van der Waals surface area contributed by atoms with Crippen LogP contribution in [0, 0.1) is 6.92 Å². The van der Waals surface area contributed by atoms with E-state index in [0.29, 0.717) is 17.8 Å². The number of aryl methyl sites for hydroxylation is 1. The van der Waals surface area contributed by atoms with Crippen molar-refractivity contribution in [1.29, 1.82) is 0 Å². The van der Waals surface area contributed by atoms with Gasteiger partial charge in [0, 0.05) is 27.2 Å². The molecule has 4 rings (SSSR count). The van der Waals surface area contributed by atoms with E-state index >= 15 is 0 Å². The van der Waals surface area contributed by atoms with Crippen molar-refractivity contribution in [2.24, 2.45) is 0 Å². The number of rotatable bonds is 5. The average molecular weight is 382 g/mol. The van der Waals surface area contributed by atoms with Crippen molar-refractivity contribution in [1.82, 2.24) is 14.9 Å². The predicted octanol–water partition coefficient (Wildman–Crippen LogP) is 4.65. The second-order valence-corrected chi connectivity index (χ2v) is 8.56. The molecule has 0 unspecified atom stereocenters. The molecular weight excluding hydrogens is 362 g/mol. The fourth-order valence-electron chi connectivity index (χ4n) is 3.04. The third kappa shape index (κ3) is 3.49. The topological polar surface area (TPSA) is 49.0 Å². The number of hydrogen-bond donors (Lipinski definition) is 1. The van der Waals surface area contributed by atoms with Crippen molar-refractivity contribution in [2.45, 2.75) is 20.0 Å². The number of hydrogen-bond acceptors (Lipinski definition) is 5. The fraction of sp³-hybridized carbons (Fsp3) is 0.200. The molecule has 1 aromatic carbocycles. The molecule has 6 heteroatoms. The Morgan fingerprint density at radius 1 is 1.12 bits per heavy atom. The SMILES string of the molecule is Cc1ccc(-c2csc3nc(CN(C)Cc4ccccc4)[nH]c(=O)c23)s1. The summed E-state index contributed by atoms with van der Waals surface area (Å²) in [6.45, 7) is 3.49. The number of H-pyrrole nitrogens is 1. The molecule has 0 fully saturated rings. The van der Waals surface area contributed by atoms with Gasteiger partial charge in [-0.25, -0.2) is 4.98 Å².